The standard InChI is InChI=1S/C15H22N2O2/c1-11-8-13(15(18)19)4-5-14(11)17(3)10-12-6-7-16(2)9-12/h4-5,8,12H,6-7,9-10H2,1-3H3,(H,18,19). The van der Waals surface area contributed by atoms with Gasteiger partial charge in [-0.25, -0.2) is 4.79 Å². The van der Waals surface area contributed by atoms with Gasteiger partial charge in [0.05, 0.1) is 5.56 Å². The lowest BCUT2D eigenvalue weighted by Crippen LogP contribution is -2.27. The number of nitrogens with zero attached hydrogens (tertiary/aromatic N) is 2. The Kier molecular flexibility index (Phi) is 4.10. The van der Waals surface area contributed by atoms with Crippen LogP contribution in [0.3, 0.4) is 0 Å². The summed E-state index contributed by atoms with van der Waals surface area (Å²) in [5.41, 5.74) is 2.50. The normalized spacial score (nSPS) is 19.6. The summed E-state index contributed by atoms with van der Waals surface area (Å²) in [5.74, 6) is -0.164. The highest BCUT2D eigenvalue weighted by Crippen LogP contribution is 2.23. The Labute approximate surface area is 114 Å². The predicted octanol–water partition coefficient (Wildman–Crippen LogP) is 2.08. The van der Waals surface area contributed by atoms with E-state index in [1.54, 1.807) is 12.1 Å². The Hall–Kier alpha value is -1.55. The van der Waals surface area contributed by atoms with Gasteiger partial charge in [-0.05, 0) is 56.6 Å². The Balaban J connectivity index is 2.06. The Morgan fingerprint density at radius 3 is 2.79 bits per heavy atom. The van der Waals surface area contributed by atoms with Crippen LogP contribution in [0.4, 0.5) is 5.69 Å². The third kappa shape index (κ3) is 3.26. The van der Waals surface area contributed by atoms with Crippen molar-refractivity contribution in [2.24, 2.45) is 5.92 Å². The minimum atomic E-state index is -0.866. The SMILES string of the molecule is Cc1cc(C(=O)O)ccc1N(C)CC1CCN(C)C1. The van der Waals surface area contributed by atoms with E-state index < -0.39 is 5.97 Å². The fourth-order valence-corrected chi connectivity index (χ4v) is 2.88. The van der Waals surface area contributed by atoms with Crippen LogP contribution in [0.1, 0.15) is 22.3 Å². The highest BCUT2D eigenvalue weighted by molar-refractivity contribution is 5.88. The zero-order valence-corrected chi connectivity index (χ0v) is 11.9. The van der Waals surface area contributed by atoms with Crippen molar-refractivity contribution >= 4 is 11.7 Å². The van der Waals surface area contributed by atoms with Gasteiger partial charge < -0.3 is 14.9 Å². The number of anilines is 1. The molecule has 4 nitrogen and oxygen atoms in total. The molecule has 1 N–H and O–H groups in total. The number of aryl methyl sites for hydroxylation is 1. The highest BCUT2D eigenvalue weighted by Gasteiger charge is 2.21. The maximum atomic E-state index is 10.9. The number of carbonyl (C=O) groups is 1. The first-order chi connectivity index (χ1) is 8.97. The van der Waals surface area contributed by atoms with Gasteiger partial charge in [-0.3, -0.25) is 0 Å². The number of benzene rings is 1. The fourth-order valence-electron chi connectivity index (χ4n) is 2.88. The van der Waals surface area contributed by atoms with E-state index in [0.717, 1.165) is 24.3 Å². The Morgan fingerprint density at radius 1 is 1.53 bits per heavy atom. The van der Waals surface area contributed by atoms with Gasteiger partial charge in [-0.15, -0.1) is 0 Å². The monoisotopic (exact) mass is 262 g/mol. The van der Waals surface area contributed by atoms with E-state index in [2.05, 4.69) is 23.9 Å². The van der Waals surface area contributed by atoms with Crippen LogP contribution in [0.2, 0.25) is 0 Å². The predicted molar refractivity (Wildman–Crippen MR) is 77.0 cm³/mol. The van der Waals surface area contributed by atoms with Crippen LogP contribution < -0.4 is 4.90 Å². The molecule has 104 valence electrons. The van der Waals surface area contributed by atoms with Crippen molar-refractivity contribution in [3.63, 3.8) is 0 Å². The van der Waals surface area contributed by atoms with Crippen LogP contribution in [0.5, 0.6) is 0 Å². The molecule has 1 aliphatic heterocycles. The van der Waals surface area contributed by atoms with E-state index in [0.29, 0.717) is 11.5 Å². The fraction of sp³-hybridized carbons (Fsp3) is 0.533. The molecule has 1 aromatic rings. The topological polar surface area (TPSA) is 43.8 Å². The van der Waals surface area contributed by atoms with Crippen molar-refractivity contribution in [3.8, 4) is 0 Å². The molecule has 2 rings (SSSR count). The van der Waals surface area contributed by atoms with Gasteiger partial charge in [0.1, 0.15) is 0 Å². The van der Waals surface area contributed by atoms with Gasteiger partial charge in [-0.1, -0.05) is 0 Å². The average molecular weight is 262 g/mol. The quantitative estimate of drug-likeness (QED) is 0.902. The van der Waals surface area contributed by atoms with Crippen LogP contribution in [-0.2, 0) is 0 Å². The lowest BCUT2D eigenvalue weighted by Gasteiger charge is -2.25. The highest BCUT2D eigenvalue weighted by atomic mass is 16.4. The zero-order chi connectivity index (χ0) is 14.0. The van der Waals surface area contributed by atoms with Gasteiger partial charge in [0.2, 0.25) is 0 Å². The number of hydrogen-bond donors (Lipinski definition) is 1. The van der Waals surface area contributed by atoms with E-state index >= 15 is 0 Å². The first-order valence-corrected chi connectivity index (χ1v) is 6.71. The molecule has 0 radical (unpaired) electrons. The van der Waals surface area contributed by atoms with Crippen LogP contribution in [0.25, 0.3) is 0 Å². The largest absolute Gasteiger partial charge is 0.478 e. The molecule has 1 aliphatic rings. The number of likely N-dealkylation sites (tertiary alicyclic amines) is 1. The summed E-state index contributed by atoms with van der Waals surface area (Å²) in [5, 5.41) is 8.98. The lowest BCUT2D eigenvalue weighted by atomic mass is 10.1. The van der Waals surface area contributed by atoms with Crippen molar-refractivity contribution in [1.82, 2.24) is 4.90 Å². The van der Waals surface area contributed by atoms with Crippen molar-refractivity contribution in [2.75, 3.05) is 38.6 Å². The first kappa shape index (κ1) is 13.9. The molecule has 1 aromatic carbocycles. The van der Waals surface area contributed by atoms with Crippen LogP contribution >= 0.6 is 0 Å². The van der Waals surface area contributed by atoms with Crippen LogP contribution in [0.15, 0.2) is 18.2 Å². The number of rotatable bonds is 4. The summed E-state index contributed by atoms with van der Waals surface area (Å²) in [6.45, 7) is 5.32. The number of hydrogen-bond acceptors (Lipinski definition) is 3. The minimum Gasteiger partial charge on any atom is -0.478 e. The van der Waals surface area contributed by atoms with E-state index in [4.69, 9.17) is 5.11 Å². The molecular formula is C15H22N2O2. The molecule has 1 unspecified atom stereocenters. The Bertz CT molecular complexity index is 473. The van der Waals surface area contributed by atoms with Crippen molar-refractivity contribution in [1.29, 1.82) is 0 Å². The Morgan fingerprint density at radius 2 is 2.26 bits per heavy atom. The molecule has 0 spiro atoms. The summed E-state index contributed by atoms with van der Waals surface area (Å²) < 4.78 is 0. The molecule has 19 heavy (non-hydrogen) atoms. The lowest BCUT2D eigenvalue weighted by molar-refractivity contribution is 0.0697. The summed E-state index contributed by atoms with van der Waals surface area (Å²) >= 11 is 0. The smallest absolute Gasteiger partial charge is 0.335 e. The molecule has 1 atom stereocenters. The summed E-state index contributed by atoms with van der Waals surface area (Å²) in [4.78, 5) is 15.5. The first-order valence-electron chi connectivity index (χ1n) is 6.71. The number of carboxylic acid groups (broad SMARTS) is 1. The summed E-state index contributed by atoms with van der Waals surface area (Å²) in [6.07, 6.45) is 1.24. The van der Waals surface area contributed by atoms with Gasteiger partial charge in [0.25, 0.3) is 0 Å². The van der Waals surface area contributed by atoms with Crippen molar-refractivity contribution in [2.45, 2.75) is 13.3 Å². The molecule has 1 fully saturated rings. The van der Waals surface area contributed by atoms with E-state index in [1.165, 1.54) is 13.0 Å². The maximum absolute atomic E-state index is 10.9. The second-order valence-corrected chi connectivity index (χ2v) is 5.60. The molecule has 0 amide bonds. The van der Waals surface area contributed by atoms with E-state index in [-0.39, 0.29) is 0 Å². The summed E-state index contributed by atoms with van der Waals surface area (Å²) in [7, 11) is 4.24. The molecular weight excluding hydrogens is 240 g/mol. The maximum Gasteiger partial charge on any atom is 0.335 e. The van der Waals surface area contributed by atoms with E-state index in [1.807, 2.05) is 13.0 Å². The zero-order valence-electron chi connectivity index (χ0n) is 11.9. The van der Waals surface area contributed by atoms with Gasteiger partial charge in [-0.2, -0.15) is 0 Å². The second kappa shape index (κ2) is 5.61. The minimum absolute atomic E-state index is 0.357. The van der Waals surface area contributed by atoms with E-state index in [9.17, 15) is 4.79 Å². The van der Waals surface area contributed by atoms with Crippen molar-refractivity contribution < 1.29 is 9.90 Å². The van der Waals surface area contributed by atoms with Gasteiger partial charge in [0, 0.05) is 25.8 Å². The molecule has 0 saturated carbocycles. The summed E-state index contributed by atoms with van der Waals surface area (Å²) in [6, 6.07) is 5.34. The van der Waals surface area contributed by atoms with Gasteiger partial charge in [0.15, 0.2) is 0 Å². The molecule has 0 bridgehead atoms. The van der Waals surface area contributed by atoms with Crippen LogP contribution in [0, 0.1) is 12.8 Å². The molecule has 0 aliphatic carbocycles. The number of aromatic carboxylic acids is 1. The van der Waals surface area contributed by atoms with Crippen molar-refractivity contribution in [3.05, 3.63) is 29.3 Å². The third-order valence-corrected chi connectivity index (χ3v) is 3.88. The third-order valence-electron chi connectivity index (χ3n) is 3.88. The number of carboxylic acids is 1. The second-order valence-electron chi connectivity index (χ2n) is 5.60. The van der Waals surface area contributed by atoms with Crippen LogP contribution in [-0.4, -0.2) is 49.7 Å². The molecule has 1 heterocycles. The van der Waals surface area contributed by atoms with Gasteiger partial charge >= 0.3 is 5.97 Å². The average Bonchev–Trinajstić information content (AvgIpc) is 2.74. The molecule has 0 aromatic heterocycles. The molecule has 1 saturated heterocycles. The molecule has 4 heteroatoms.